The number of rotatable bonds is 2. The normalized spacial score (nSPS) is 9.93. The summed E-state index contributed by atoms with van der Waals surface area (Å²) in [5.41, 5.74) is -0.451. The summed E-state index contributed by atoms with van der Waals surface area (Å²) in [7, 11) is 0. The molecule has 0 bridgehead atoms. The number of hydrogen-bond acceptors (Lipinski definition) is 3. The van der Waals surface area contributed by atoms with Crippen LogP contribution in [0.15, 0.2) is 12.1 Å². The number of carbonyl (C=O) groups excluding carboxylic acids is 1. The lowest BCUT2D eigenvalue weighted by Gasteiger charge is -2.00. The van der Waals surface area contributed by atoms with Crippen molar-refractivity contribution in [2.24, 2.45) is 0 Å². The first-order chi connectivity index (χ1) is 6.43. The summed E-state index contributed by atoms with van der Waals surface area (Å²) in [5.74, 6) is -1.30. The van der Waals surface area contributed by atoms with E-state index >= 15 is 0 Å². The highest BCUT2D eigenvalue weighted by Crippen LogP contribution is 2.25. The van der Waals surface area contributed by atoms with Gasteiger partial charge in [0.1, 0.15) is 0 Å². The van der Waals surface area contributed by atoms with E-state index < -0.39 is 16.4 Å². The maximum atomic E-state index is 13.1. The second kappa shape index (κ2) is 3.99. The van der Waals surface area contributed by atoms with Crippen molar-refractivity contribution in [2.75, 3.05) is 0 Å². The van der Waals surface area contributed by atoms with Gasteiger partial charge in [-0.1, -0.05) is 0 Å². The molecule has 1 aromatic rings. The summed E-state index contributed by atoms with van der Waals surface area (Å²) in [4.78, 5) is 20.5. The Morgan fingerprint density at radius 2 is 2.14 bits per heavy atom. The average Bonchev–Trinajstić information content (AvgIpc) is 2.01. The first kappa shape index (κ1) is 11.0. The van der Waals surface area contributed by atoms with Gasteiger partial charge in [0.25, 0.3) is 0 Å². The van der Waals surface area contributed by atoms with Gasteiger partial charge in [0.15, 0.2) is 5.78 Å². The highest BCUT2D eigenvalue weighted by atomic mass is 127. The van der Waals surface area contributed by atoms with E-state index in [1.165, 1.54) is 13.0 Å². The van der Waals surface area contributed by atoms with Crippen LogP contribution < -0.4 is 0 Å². The lowest BCUT2D eigenvalue weighted by Crippen LogP contribution is -2.00. The third kappa shape index (κ3) is 2.06. The number of nitro groups is 1. The molecule has 0 N–H and O–H groups in total. The Hall–Kier alpha value is -1.05. The highest BCUT2D eigenvalue weighted by molar-refractivity contribution is 14.1. The Balaban J connectivity index is 3.39. The Morgan fingerprint density at radius 1 is 1.57 bits per heavy atom. The van der Waals surface area contributed by atoms with Crippen molar-refractivity contribution in [1.82, 2.24) is 0 Å². The van der Waals surface area contributed by atoms with Gasteiger partial charge < -0.3 is 0 Å². The van der Waals surface area contributed by atoms with E-state index in [0.717, 1.165) is 6.07 Å². The quantitative estimate of drug-likeness (QED) is 0.365. The zero-order valence-electron chi connectivity index (χ0n) is 7.08. The number of carbonyl (C=O) groups is 1. The van der Waals surface area contributed by atoms with Gasteiger partial charge in [-0.2, -0.15) is 4.39 Å². The van der Waals surface area contributed by atoms with Gasteiger partial charge in [-0.3, -0.25) is 14.9 Å². The highest BCUT2D eigenvalue weighted by Gasteiger charge is 2.20. The number of nitrogens with zero attached hydrogens (tertiary/aromatic N) is 1. The Morgan fingerprint density at radius 3 is 2.50 bits per heavy atom. The molecule has 0 aromatic heterocycles. The van der Waals surface area contributed by atoms with Gasteiger partial charge in [0.05, 0.1) is 8.49 Å². The molecule has 6 heteroatoms. The van der Waals surface area contributed by atoms with Gasteiger partial charge in [0, 0.05) is 5.56 Å². The lowest BCUT2D eigenvalue weighted by atomic mass is 10.1. The summed E-state index contributed by atoms with van der Waals surface area (Å²) >= 11 is 1.63. The number of benzene rings is 1. The van der Waals surface area contributed by atoms with Gasteiger partial charge >= 0.3 is 5.69 Å². The predicted molar refractivity (Wildman–Crippen MR) is 55.8 cm³/mol. The van der Waals surface area contributed by atoms with Crippen LogP contribution in [0.2, 0.25) is 0 Å². The summed E-state index contributed by atoms with van der Waals surface area (Å²) in [6.45, 7) is 1.27. The molecule has 0 aliphatic heterocycles. The van der Waals surface area contributed by atoms with Crippen molar-refractivity contribution in [3.05, 3.63) is 37.2 Å². The fraction of sp³-hybridized carbons (Fsp3) is 0.125. The zero-order valence-corrected chi connectivity index (χ0v) is 9.24. The van der Waals surface area contributed by atoms with Gasteiger partial charge in [-0.15, -0.1) is 0 Å². The third-order valence-electron chi connectivity index (χ3n) is 1.61. The minimum atomic E-state index is -0.980. The maximum Gasteiger partial charge on any atom is 0.318 e. The van der Waals surface area contributed by atoms with Crippen molar-refractivity contribution in [2.45, 2.75) is 6.92 Å². The number of halogens is 2. The molecule has 0 atom stereocenters. The number of hydrogen-bond donors (Lipinski definition) is 0. The summed E-state index contributed by atoms with van der Waals surface area (Å²) < 4.78 is 13.2. The molecule has 4 nitrogen and oxygen atoms in total. The molecule has 0 amide bonds. The van der Waals surface area contributed by atoms with Crippen LogP contribution in [0.5, 0.6) is 0 Å². The van der Waals surface area contributed by atoms with Crippen molar-refractivity contribution >= 4 is 34.1 Å². The molecule has 0 radical (unpaired) electrons. The van der Waals surface area contributed by atoms with Crippen molar-refractivity contribution < 1.29 is 14.1 Å². The molecule has 0 unspecified atom stereocenters. The van der Waals surface area contributed by atoms with Gasteiger partial charge in [0.2, 0.25) is 5.82 Å². The first-order valence-corrected chi connectivity index (χ1v) is 4.65. The molecule has 0 saturated carbocycles. The first-order valence-electron chi connectivity index (χ1n) is 3.58. The van der Waals surface area contributed by atoms with E-state index in [1.807, 2.05) is 0 Å². The summed E-state index contributed by atoms with van der Waals surface area (Å²) in [6.07, 6.45) is 0. The van der Waals surface area contributed by atoms with Crippen LogP contribution in [0.25, 0.3) is 0 Å². The molecule has 14 heavy (non-hydrogen) atoms. The van der Waals surface area contributed by atoms with Crippen molar-refractivity contribution in [3.8, 4) is 0 Å². The molecular weight excluding hydrogens is 304 g/mol. The van der Waals surface area contributed by atoms with Crippen LogP contribution in [0.3, 0.4) is 0 Å². The zero-order chi connectivity index (χ0) is 10.9. The van der Waals surface area contributed by atoms with Gasteiger partial charge in [-0.25, -0.2) is 0 Å². The fourth-order valence-corrected chi connectivity index (χ4v) is 1.73. The minimum Gasteiger partial charge on any atom is -0.295 e. The number of ketones is 1. The molecule has 0 saturated heterocycles. The standard InChI is InChI=1S/C8H5FINO3/c1-4(12)5-2-6(9)8(11(13)14)7(10)3-5/h2-3H,1H3. The largest absolute Gasteiger partial charge is 0.318 e. The van der Waals surface area contributed by atoms with E-state index in [0.29, 0.717) is 0 Å². The topological polar surface area (TPSA) is 60.2 Å². The number of nitro benzene ring substituents is 1. The second-order valence-electron chi connectivity index (χ2n) is 2.60. The second-order valence-corrected chi connectivity index (χ2v) is 3.76. The summed E-state index contributed by atoms with van der Waals surface area (Å²) in [6, 6.07) is 2.17. The number of Topliss-reactive ketones (excluding diaryl/α,β-unsaturated/α-hetero) is 1. The molecule has 1 rings (SSSR count). The summed E-state index contributed by atoms with van der Waals surface area (Å²) in [5, 5.41) is 10.4. The van der Waals surface area contributed by atoms with E-state index in [-0.39, 0.29) is 14.9 Å². The van der Waals surface area contributed by atoms with Gasteiger partial charge in [-0.05, 0) is 41.6 Å². The van der Waals surface area contributed by atoms with Crippen LogP contribution in [-0.4, -0.2) is 10.7 Å². The SMILES string of the molecule is CC(=O)c1cc(F)c([N+](=O)[O-])c(I)c1. The maximum absolute atomic E-state index is 13.1. The van der Waals surface area contributed by atoms with E-state index in [1.54, 1.807) is 22.6 Å². The molecule has 0 heterocycles. The van der Waals surface area contributed by atoms with Crippen LogP contribution >= 0.6 is 22.6 Å². The Kier molecular flexibility index (Phi) is 3.14. The van der Waals surface area contributed by atoms with E-state index in [4.69, 9.17) is 0 Å². The van der Waals surface area contributed by atoms with Crippen molar-refractivity contribution in [3.63, 3.8) is 0 Å². The molecule has 0 aliphatic rings. The Labute approximate surface area is 92.4 Å². The monoisotopic (exact) mass is 309 g/mol. The fourth-order valence-electron chi connectivity index (χ4n) is 0.943. The third-order valence-corrected chi connectivity index (χ3v) is 2.43. The molecular formula is C8H5FINO3. The molecule has 0 fully saturated rings. The van der Waals surface area contributed by atoms with E-state index in [2.05, 4.69) is 0 Å². The average molecular weight is 309 g/mol. The molecule has 1 aromatic carbocycles. The van der Waals surface area contributed by atoms with Crippen LogP contribution in [0, 0.1) is 19.5 Å². The smallest absolute Gasteiger partial charge is 0.295 e. The Bertz CT molecular complexity index is 396. The van der Waals surface area contributed by atoms with Crippen LogP contribution in [0.1, 0.15) is 17.3 Å². The molecule has 74 valence electrons. The minimum absolute atomic E-state index is 0.123. The van der Waals surface area contributed by atoms with E-state index in [9.17, 15) is 19.3 Å². The van der Waals surface area contributed by atoms with Crippen molar-refractivity contribution in [1.29, 1.82) is 0 Å². The predicted octanol–water partition coefficient (Wildman–Crippen LogP) is 2.54. The van der Waals surface area contributed by atoms with Crippen LogP contribution in [0.4, 0.5) is 10.1 Å². The molecule has 0 aliphatic carbocycles. The van der Waals surface area contributed by atoms with Crippen LogP contribution in [-0.2, 0) is 0 Å². The lowest BCUT2D eigenvalue weighted by molar-refractivity contribution is -0.388. The molecule has 0 spiro atoms.